The van der Waals surface area contributed by atoms with E-state index in [2.05, 4.69) is 17.9 Å². The van der Waals surface area contributed by atoms with Gasteiger partial charge in [-0.15, -0.1) is 0 Å². The van der Waals surface area contributed by atoms with Crippen LogP contribution in [0.5, 0.6) is 0 Å². The van der Waals surface area contributed by atoms with Crippen molar-refractivity contribution in [1.82, 2.24) is 4.90 Å². The number of halogens is 1. The monoisotopic (exact) mass is 281 g/mol. The van der Waals surface area contributed by atoms with Crippen molar-refractivity contribution in [3.8, 4) is 0 Å². The molecule has 2 rings (SSSR count). The summed E-state index contributed by atoms with van der Waals surface area (Å²) in [5, 5.41) is 9.77. The smallest absolute Gasteiger partial charge is 0.306 e. The van der Waals surface area contributed by atoms with Crippen molar-refractivity contribution in [3.63, 3.8) is 0 Å². The van der Waals surface area contributed by atoms with E-state index in [4.69, 9.17) is 16.7 Å². The summed E-state index contributed by atoms with van der Waals surface area (Å²) in [4.78, 5) is 13.3. The Labute approximate surface area is 119 Å². The lowest BCUT2D eigenvalue weighted by molar-refractivity contribution is -0.146. The van der Waals surface area contributed by atoms with Gasteiger partial charge in [0.25, 0.3) is 0 Å². The zero-order valence-electron chi connectivity index (χ0n) is 11.3. The zero-order valence-corrected chi connectivity index (χ0v) is 12.1. The fraction of sp³-hybridized carbons (Fsp3) is 0.533. The summed E-state index contributed by atoms with van der Waals surface area (Å²) >= 11 is 6.04. The van der Waals surface area contributed by atoms with Gasteiger partial charge in [0, 0.05) is 24.2 Å². The Morgan fingerprint density at radius 2 is 2.21 bits per heavy atom. The van der Waals surface area contributed by atoms with Gasteiger partial charge in [0.05, 0.1) is 5.92 Å². The van der Waals surface area contributed by atoms with Crippen LogP contribution in [-0.4, -0.2) is 29.1 Å². The summed E-state index contributed by atoms with van der Waals surface area (Å²) in [6.07, 6.45) is 1.01. The number of carboxylic acids is 1. The van der Waals surface area contributed by atoms with Crippen LogP contribution in [0.25, 0.3) is 0 Å². The van der Waals surface area contributed by atoms with Crippen LogP contribution in [0.4, 0.5) is 0 Å². The fourth-order valence-electron chi connectivity index (χ4n) is 2.74. The van der Waals surface area contributed by atoms with Crippen molar-refractivity contribution < 1.29 is 9.90 Å². The van der Waals surface area contributed by atoms with Gasteiger partial charge in [0.2, 0.25) is 0 Å². The first-order chi connectivity index (χ1) is 9.02. The largest absolute Gasteiger partial charge is 0.481 e. The molecule has 0 amide bonds. The Bertz CT molecular complexity index is 457. The molecule has 2 unspecified atom stereocenters. The van der Waals surface area contributed by atoms with Gasteiger partial charge in [-0.3, -0.25) is 9.69 Å². The summed E-state index contributed by atoms with van der Waals surface area (Å²) in [6, 6.07) is 8.29. The molecule has 2 atom stereocenters. The Hall–Kier alpha value is -1.06. The van der Waals surface area contributed by atoms with Crippen molar-refractivity contribution in [1.29, 1.82) is 0 Å². The van der Waals surface area contributed by atoms with Crippen LogP contribution in [0.1, 0.15) is 31.9 Å². The van der Waals surface area contributed by atoms with Crippen LogP contribution < -0.4 is 0 Å². The maximum absolute atomic E-state index is 11.0. The lowest BCUT2D eigenvalue weighted by Crippen LogP contribution is -2.52. The third-order valence-corrected chi connectivity index (χ3v) is 4.33. The van der Waals surface area contributed by atoms with Gasteiger partial charge in [0.15, 0.2) is 0 Å². The predicted molar refractivity (Wildman–Crippen MR) is 76.3 cm³/mol. The summed E-state index contributed by atoms with van der Waals surface area (Å²) in [5.41, 5.74) is 1.22. The summed E-state index contributed by atoms with van der Waals surface area (Å²) < 4.78 is 0. The maximum atomic E-state index is 11.0. The highest BCUT2D eigenvalue weighted by Gasteiger charge is 2.37. The molecule has 1 N–H and O–H groups in total. The second kappa shape index (κ2) is 5.93. The lowest BCUT2D eigenvalue weighted by atomic mass is 9.84. The SMILES string of the molecule is CCC(c1cccc(Cl)c1)N1CC(C(C)C(=O)O)C1. The first-order valence-electron chi connectivity index (χ1n) is 6.75. The molecule has 1 aromatic carbocycles. The number of hydrogen-bond acceptors (Lipinski definition) is 2. The van der Waals surface area contributed by atoms with Crippen molar-refractivity contribution in [2.24, 2.45) is 11.8 Å². The topological polar surface area (TPSA) is 40.5 Å². The number of likely N-dealkylation sites (tertiary alicyclic amines) is 1. The van der Waals surface area contributed by atoms with Crippen LogP contribution in [0.2, 0.25) is 5.02 Å². The molecular formula is C15H20ClNO2. The molecule has 1 aromatic rings. The van der Waals surface area contributed by atoms with Gasteiger partial charge in [0.1, 0.15) is 0 Å². The first-order valence-corrected chi connectivity index (χ1v) is 7.13. The van der Waals surface area contributed by atoms with E-state index in [1.807, 2.05) is 18.2 Å². The number of hydrogen-bond donors (Lipinski definition) is 1. The molecule has 104 valence electrons. The molecule has 1 fully saturated rings. The summed E-state index contributed by atoms with van der Waals surface area (Å²) in [5.74, 6) is -0.681. The molecule has 0 radical (unpaired) electrons. The number of benzene rings is 1. The fourth-order valence-corrected chi connectivity index (χ4v) is 2.94. The van der Waals surface area contributed by atoms with Crippen LogP contribution >= 0.6 is 11.6 Å². The molecule has 3 nitrogen and oxygen atoms in total. The van der Waals surface area contributed by atoms with E-state index >= 15 is 0 Å². The van der Waals surface area contributed by atoms with Gasteiger partial charge in [-0.1, -0.05) is 37.6 Å². The average molecular weight is 282 g/mol. The quantitative estimate of drug-likeness (QED) is 0.899. The minimum Gasteiger partial charge on any atom is -0.481 e. The van der Waals surface area contributed by atoms with E-state index in [1.165, 1.54) is 5.56 Å². The zero-order chi connectivity index (χ0) is 14.0. The molecule has 0 bridgehead atoms. The van der Waals surface area contributed by atoms with Gasteiger partial charge < -0.3 is 5.11 Å². The van der Waals surface area contributed by atoms with E-state index in [9.17, 15) is 4.79 Å². The van der Waals surface area contributed by atoms with Gasteiger partial charge in [-0.2, -0.15) is 0 Å². The van der Waals surface area contributed by atoms with E-state index in [1.54, 1.807) is 6.92 Å². The molecule has 1 aliphatic heterocycles. The normalized spacial score (nSPS) is 19.7. The van der Waals surface area contributed by atoms with E-state index in [0.29, 0.717) is 6.04 Å². The molecule has 0 aromatic heterocycles. The second-order valence-electron chi connectivity index (χ2n) is 5.32. The summed E-state index contributed by atoms with van der Waals surface area (Å²) in [6.45, 7) is 5.67. The highest BCUT2D eigenvalue weighted by atomic mass is 35.5. The maximum Gasteiger partial charge on any atom is 0.306 e. The summed E-state index contributed by atoms with van der Waals surface area (Å²) in [7, 11) is 0. The third-order valence-electron chi connectivity index (χ3n) is 4.10. The highest BCUT2D eigenvalue weighted by molar-refractivity contribution is 6.30. The average Bonchev–Trinajstić information content (AvgIpc) is 2.32. The number of carbonyl (C=O) groups is 1. The third kappa shape index (κ3) is 3.10. The molecule has 4 heteroatoms. The Kier molecular flexibility index (Phi) is 4.48. The number of carboxylic acid groups (broad SMARTS) is 1. The van der Waals surface area contributed by atoms with E-state index < -0.39 is 5.97 Å². The van der Waals surface area contributed by atoms with E-state index in [-0.39, 0.29) is 11.8 Å². The minimum atomic E-state index is -0.694. The molecule has 1 heterocycles. The van der Waals surface area contributed by atoms with Gasteiger partial charge in [-0.25, -0.2) is 0 Å². The molecule has 19 heavy (non-hydrogen) atoms. The molecule has 1 saturated heterocycles. The van der Waals surface area contributed by atoms with Crippen molar-refractivity contribution >= 4 is 17.6 Å². The molecule has 0 aliphatic carbocycles. The standard InChI is InChI=1S/C15H20ClNO2/c1-3-14(11-5-4-6-13(16)7-11)17-8-12(9-17)10(2)15(18)19/h4-7,10,12,14H,3,8-9H2,1-2H3,(H,18,19). The Morgan fingerprint density at radius 1 is 1.53 bits per heavy atom. The van der Waals surface area contributed by atoms with Gasteiger partial charge in [-0.05, 0) is 30.0 Å². The van der Waals surface area contributed by atoms with Crippen LogP contribution in [-0.2, 0) is 4.79 Å². The highest BCUT2D eigenvalue weighted by Crippen LogP contribution is 2.34. The first kappa shape index (κ1) is 14.4. The number of rotatable bonds is 5. The van der Waals surface area contributed by atoms with Crippen LogP contribution in [0.3, 0.4) is 0 Å². The molecule has 0 spiro atoms. The Balaban J connectivity index is 2.00. The number of nitrogens with zero attached hydrogens (tertiary/aromatic N) is 1. The van der Waals surface area contributed by atoms with Crippen molar-refractivity contribution in [2.45, 2.75) is 26.3 Å². The molecule has 1 aliphatic rings. The lowest BCUT2D eigenvalue weighted by Gasteiger charge is -2.46. The van der Waals surface area contributed by atoms with Crippen LogP contribution in [0, 0.1) is 11.8 Å². The van der Waals surface area contributed by atoms with Crippen molar-refractivity contribution in [2.75, 3.05) is 13.1 Å². The van der Waals surface area contributed by atoms with Crippen LogP contribution in [0.15, 0.2) is 24.3 Å². The second-order valence-corrected chi connectivity index (χ2v) is 5.76. The van der Waals surface area contributed by atoms with E-state index in [0.717, 1.165) is 24.5 Å². The molecular weight excluding hydrogens is 262 g/mol. The minimum absolute atomic E-state index is 0.256. The molecule has 0 saturated carbocycles. The number of aliphatic carboxylic acids is 1. The van der Waals surface area contributed by atoms with Crippen molar-refractivity contribution in [3.05, 3.63) is 34.9 Å². The van der Waals surface area contributed by atoms with Gasteiger partial charge >= 0.3 is 5.97 Å². The predicted octanol–water partition coefficient (Wildman–Crippen LogP) is 3.44. The Morgan fingerprint density at radius 3 is 2.74 bits per heavy atom.